The molecule has 1 saturated heterocycles. The van der Waals surface area contributed by atoms with Crippen LogP contribution in [0.3, 0.4) is 0 Å². The maximum absolute atomic E-state index is 16.1. The molecular weight excluding hydrogens is 613 g/mol. The quantitative estimate of drug-likeness (QED) is 0.107. The highest BCUT2D eigenvalue weighted by molar-refractivity contribution is 6.60. The molecule has 12 nitrogen and oxygen atoms in total. The van der Waals surface area contributed by atoms with Gasteiger partial charge in [-0.1, -0.05) is 24.3 Å². The van der Waals surface area contributed by atoms with Gasteiger partial charge >= 0.3 is 0 Å². The Balaban J connectivity index is 1.65. The van der Waals surface area contributed by atoms with Crippen LogP contribution in [0.1, 0.15) is 27.0 Å². The van der Waals surface area contributed by atoms with E-state index in [2.05, 4.69) is 10.6 Å². The van der Waals surface area contributed by atoms with Crippen molar-refractivity contribution < 1.29 is 43.9 Å². The summed E-state index contributed by atoms with van der Waals surface area (Å²) in [6, 6.07) is 9.68. The molecule has 2 heterocycles. The van der Waals surface area contributed by atoms with Crippen LogP contribution in [-0.4, -0.2) is 154 Å². The van der Waals surface area contributed by atoms with E-state index in [9.17, 15) is 34.8 Å². The molecule has 2 aliphatic rings. The van der Waals surface area contributed by atoms with Gasteiger partial charge in [0.1, 0.15) is 70.5 Å². The van der Waals surface area contributed by atoms with Crippen molar-refractivity contribution in [2.24, 2.45) is 0 Å². The summed E-state index contributed by atoms with van der Waals surface area (Å²) in [6.45, 7) is -0.375. The minimum Gasteiger partial charge on any atom is -0.381 e. The summed E-state index contributed by atoms with van der Waals surface area (Å²) < 4.78 is 21.6. The van der Waals surface area contributed by atoms with E-state index >= 15 is 4.39 Å². The largest absolute Gasteiger partial charge is 0.381 e. The van der Waals surface area contributed by atoms with E-state index in [1.54, 1.807) is 83.5 Å². The molecule has 4 unspecified atom stereocenters. The molecule has 2 aliphatic heterocycles. The molecule has 2 aromatic carbocycles. The van der Waals surface area contributed by atoms with Gasteiger partial charge in [-0.2, -0.15) is 0 Å². The van der Waals surface area contributed by atoms with Crippen LogP contribution in [0.2, 0.25) is 10.4 Å². The number of hydrogen-bond acceptors (Lipinski definition) is 10. The Hall–Kier alpha value is -2.88. The van der Waals surface area contributed by atoms with Crippen LogP contribution in [0.25, 0.3) is 0 Å². The molecule has 0 saturated carbocycles. The number of carbonyl (C=O) groups excluding carboxylic acids is 3. The second kappa shape index (κ2) is 12.2. The number of aldehydes is 1. The van der Waals surface area contributed by atoms with Crippen LogP contribution in [0.5, 0.6) is 0 Å². The Morgan fingerprint density at radius 1 is 1.02 bits per heavy atom. The molecule has 6 N–H and O–H groups in total. The fourth-order valence-electron chi connectivity index (χ4n) is 6.53. The number of amides is 2. The Morgan fingerprint density at radius 2 is 1.60 bits per heavy atom. The van der Waals surface area contributed by atoms with Crippen LogP contribution >= 0.6 is 0 Å². The van der Waals surface area contributed by atoms with E-state index in [0.29, 0.717) is 17.5 Å². The Kier molecular flexibility index (Phi) is 9.62. The highest BCUT2D eigenvalue weighted by Gasteiger charge is 2.64. The number of hydrogen-bond donors (Lipinski definition) is 6. The van der Waals surface area contributed by atoms with Gasteiger partial charge in [-0.15, -0.1) is 0 Å². The van der Waals surface area contributed by atoms with Crippen LogP contribution in [0.15, 0.2) is 36.4 Å². The molecule has 0 radical (unpaired) electrons. The number of ether oxygens (including phenoxy) is 1. The van der Waals surface area contributed by atoms with Crippen LogP contribution < -0.4 is 10.6 Å². The van der Waals surface area contributed by atoms with Crippen molar-refractivity contribution in [3.05, 3.63) is 64.5 Å². The number of nitrogens with one attached hydrogen (secondary N) is 2. The van der Waals surface area contributed by atoms with Crippen molar-refractivity contribution in [3.8, 4) is 0 Å². The first-order valence-electron chi connectivity index (χ1n) is 15.9. The van der Waals surface area contributed by atoms with Crippen LogP contribution in [-0.2, 0) is 34.0 Å². The monoisotopic (exact) mass is 654 g/mol. The summed E-state index contributed by atoms with van der Waals surface area (Å²) in [6.07, 6.45) is 0.649. The number of likely N-dealkylation sites (N-methyl/N-ethyl adjacent to an activating group) is 1. The van der Waals surface area contributed by atoms with Crippen molar-refractivity contribution in [2.45, 2.75) is 58.1 Å². The van der Waals surface area contributed by atoms with E-state index in [0.717, 1.165) is 4.90 Å². The zero-order chi connectivity index (χ0) is 36.5. The molecule has 246 valence electrons. The number of morpholine rings is 1. The van der Waals surface area contributed by atoms with Gasteiger partial charge in [0, 0.05) is 53.4 Å². The lowest BCUT2D eigenvalue weighted by molar-refractivity contribution is -0.383. The second-order valence-electron chi connectivity index (χ2n) is 14.9. The topological polar surface area (TPSA) is 172 Å². The lowest BCUT2D eigenvalue weighted by Gasteiger charge is -2.64. The first-order chi connectivity index (χ1) is 21.9. The highest BCUT2D eigenvalue weighted by atomic mass is 19.1. The number of halogens is 1. The predicted octanol–water partition coefficient (Wildman–Crippen LogP) is -9.62. The summed E-state index contributed by atoms with van der Waals surface area (Å²) in [5.41, 5.74) is -6.89. The molecule has 0 aliphatic carbocycles. The van der Waals surface area contributed by atoms with Crippen molar-refractivity contribution in [1.82, 2.24) is 15.1 Å². The maximum Gasteiger partial charge on any atom is 0.272 e. The number of nitrogens with zero attached hydrogens (tertiary/aromatic N) is 2. The minimum atomic E-state index is -2.41. The number of rotatable bonds is 10. The number of carbonyl (C=O) groups is 3. The highest BCUT2D eigenvalue weighted by Crippen LogP contribution is 2.52. The Morgan fingerprint density at radius 3 is 2.19 bits per heavy atom. The minimum absolute atomic E-state index is 0.0218. The second-order valence-corrected chi connectivity index (χ2v) is 14.9. The summed E-state index contributed by atoms with van der Waals surface area (Å²) in [5, 5.41) is 47.1. The normalized spacial score (nSPS) is 27.1. The van der Waals surface area contributed by atoms with E-state index < -0.39 is 56.1 Å². The number of anilines is 1. The number of aliphatic hydroxyl groups is 4. The summed E-state index contributed by atoms with van der Waals surface area (Å²) in [4.78, 5) is 41.6. The molecule has 22 heteroatoms. The Bertz CT molecular complexity index is 1620. The van der Waals surface area contributed by atoms with Gasteiger partial charge in [-0.05, 0) is 22.6 Å². The summed E-state index contributed by atoms with van der Waals surface area (Å²) >= 11 is 0. The van der Waals surface area contributed by atoms with E-state index in [-0.39, 0.29) is 36.3 Å². The zero-order valence-electron chi connectivity index (χ0n) is 29.4. The number of benzene rings is 2. The summed E-state index contributed by atoms with van der Waals surface area (Å²) in [5.74, 6) is -2.03. The third-order valence-corrected chi connectivity index (χ3v) is 11.2. The first kappa shape index (κ1) is 37.9. The maximum atomic E-state index is 16.1. The van der Waals surface area contributed by atoms with Crippen molar-refractivity contribution >= 4 is 94.4 Å². The fourth-order valence-corrected chi connectivity index (χ4v) is 6.53. The van der Waals surface area contributed by atoms with E-state index in [1.807, 2.05) is 0 Å². The zero-order valence-corrected chi connectivity index (χ0v) is 29.4. The fraction of sp³-hybridized carbons (Fsp3) is 0.423. The van der Waals surface area contributed by atoms with Gasteiger partial charge in [-0.25, -0.2) is 4.39 Å². The molecule has 2 amide bonds. The molecule has 4 rings (SSSR count). The average Bonchev–Trinajstić information content (AvgIpc) is 3.34. The Labute approximate surface area is 288 Å². The predicted molar refractivity (Wildman–Crippen MR) is 202 cm³/mol. The van der Waals surface area contributed by atoms with Crippen molar-refractivity contribution in [2.75, 3.05) is 12.4 Å². The van der Waals surface area contributed by atoms with Gasteiger partial charge in [-0.3, -0.25) is 19.4 Å². The standard InChI is InChI=1S/C26H40B9FN4O8/c1-37-19(43)21(44,22(29,30)20(27,28)11-41)39-10-15-14(18(39)42)6-3-7-16(15)38-8-12-4-2-5-13(17(12)36)9-40-23(31,32)25(34,46)48-26(35,47)24(40,33)45/h2-7,11,38,44-47H,8-10,27-35H2,1H3,(H,37,43). The SMILES string of the molecule is BC(B)(C=O)C(B)(B)C(O)(C(=O)NC)N1Cc2c(NCc3cccc(CN4C(B)(B)C(B)(O)OC(B)(O)C4(B)O)c3F)cccc2C1=O. The third-order valence-electron chi connectivity index (χ3n) is 11.2. The first-order valence-corrected chi connectivity index (χ1v) is 15.9. The lowest BCUT2D eigenvalue weighted by Crippen LogP contribution is -2.84. The van der Waals surface area contributed by atoms with Gasteiger partial charge in [0.15, 0.2) is 29.2 Å². The van der Waals surface area contributed by atoms with Gasteiger partial charge in [0.2, 0.25) is 5.72 Å². The molecule has 1 fully saturated rings. The van der Waals surface area contributed by atoms with E-state index in [4.69, 9.17) is 4.74 Å². The van der Waals surface area contributed by atoms with E-state index in [1.165, 1.54) is 35.5 Å². The third kappa shape index (κ3) is 5.58. The summed E-state index contributed by atoms with van der Waals surface area (Å²) in [7, 11) is 14.8. The molecule has 4 atom stereocenters. The molecule has 0 bridgehead atoms. The average molecular weight is 653 g/mol. The molecular formula is C26H40B9FN4O8. The molecule has 0 spiro atoms. The molecule has 0 aromatic heterocycles. The molecule has 2 aromatic rings. The van der Waals surface area contributed by atoms with Crippen molar-refractivity contribution in [3.63, 3.8) is 0 Å². The number of fused-ring (bicyclic) bond motifs is 1. The van der Waals surface area contributed by atoms with Crippen LogP contribution in [0, 0.1) is 5.82 Å². The molecule has 48 heavy (non-hydrogen) atoms. The smallest absolute Gasteiger partial charge is 0.272 e. The van der Waals surface area contributed by atoms with Gasteiger partial charge in [0.05, 0.1) is 6.54 Å². The lowest BCUT2D eigenvalue weighted by atomic mass is 9.27. The van der Waals surface area contributed by atoms with Gasteiger partial charge in [0.25, 0.3) is 11.8 Å². The van der Waals surface area contributed by atoms with Gasteiger partial charge < -0.3 is 40.6 Å². The van der Waals surface area contributed by atoms with Crippen molar-refractivity contribution in [1.29, 1.82) is 0 Å². The van der Waals surface area contributed by atoms with Crippen LogP contribution in [0.4, 0.5) is 10.1 Å².